The fraction of sp³-hybridized carbons (Fsp3) is 0.444. The van der Waals surface area contributed by atoms with Crippen molar-refractivity contribution in [3.63, 3.8) is 0 Å². The number of amides is 1. The molecule has 1 aromatic heterocycles. The third-order valence-electron chi connectivity index (χ3n) is 3.92. The predicted octanol–water partition coefficient (Wildman–Crippen LogP) is 2.69. The van der Waals surface area contributed by atoms with Crippen LogP contribution < -0.4 is 10.1 Å². The summed E-state index contributed by atoms with van der Waals surface area (Å²) in [6, 6.07) is 7.37. The van der Waals surface area contributed by atoms with Crippen molar-refractivity contribution >= 4 is 16.8 Å². The molecule has 0 spiro atoms. The summed E-state index contributed by atoms with van der Waals surface area (Å²) in [6.07, 6.45) is -0.607. The first-order chi connectivity index (χ1) is 10.7. The second-order valence-electron chi connectivity index (χ2n) is 6.77. The van der Waals surface area contributed by atoms with E-state index in [2.05, 4.69) is 10.3 Å². The molecular formula is C18H24N2O3. The van der Waals surface area contributed by atoms with Gasteiger partial charge in [0.15, 0.2) is 0 Å². The fourth-order valence-electron chi connectivity index (χ4n) is 2.19. The van der Waals surface area contributed by atoms with Gasteiger partial charge in [-0.25, -0.2) is 0 Å². The number of hydrogen-bond acceptors (Lipinski definition) is 4. The highest BCUT2D eigenvalue weighted by atomic mass is 16.5. The number of carbonyl (C=O) groups excluding carboxylic acids is 1. The number of nitrogens with zero attached hydrogens (tertiary/aromatic N) is 1. The molecule has 1 heterocycles. The molecule has 0 radical (unpaired) electrons. The predicted molar refractivity (Wildman–Crippen MR) is 90.8 cm³/mol. The molecule has 5 nitrogen and oxygen atoms in total. The second-order valence-corrected chi connectivity index (χ2v) is 6.77. The SMILES string of the molecule is COc1ccc2cc(C(=O)NCC(O)C(C)(C)C)c(C)nc2c1. The number of nitrogens with one attached hydrogen (secondary N) is 1. The molecular weight excluding hydrogens is 292 g/mol. The number of aliphatic hydroxyl groups excluding tert-OH is 1. The number of methoxy groups -OCH3 is 1. The number of rotatable bonds is 4. The smallest absolute Gasteiger partial charge is 0.253 e. The Morgan fingerprint density at radius 3 is 2.65 bits per heavy atom. The Kier molecular flexibility index (Phi) is 4.90. The lowest BCUT2D eigenvalue weighted by molar-refractivity contribution is 0.0586. The van der Waals surface area contributed by atoms with Crippen LogP contribution in [0, 0.1) is 12.3 Å². The molecule has 1 aromatic carbocycles. The van der Waals surface area contributed by atoms with Gasteiger partial charge < -0.3 is 15.2 Å². The van der Waals surface area contributed by atoms with Crippen molar-refractivity contribution < 1.29 is 14.6 Å². The van der Waals surface area contributed by atoms with Gasteiger partial charge in [0, 0.05) is 18.0 Å². The van der Waals surface area contributed by atoms with Crippen molar-refractivity contribution in [2.24, 2.45) is 5.41 Å². The summed E-state index contributed by atoms with van der Waals surface area (Å²) in [5.41, 5.74) is 1.67. The van der Waals surface area contributed by atoms with Crippen LogP contribution >= 0.6 is 0 Å². The lowest BCUT2D eigenvalue weighted by Gasteiger charge is -2.26. The molecule has 0 aliphatic rings. The van der Waals surface area contributed by atoms with Gasteiger partial charge in [0.2, 0.25) is 0 Å². The van der Waals surface area contributed by atoms with E-state index in [0.29, 0.717) is 11.3 Å². The van der Waals surface area contributed by atoms with Gasteiger partial charge in [0.1, 0.15) is 5.75 Å². The van der Waals surface area contributed by atoms with Gasteiger partial charge in [-0.15, -0.1) is 0 Å². The molecule has 0 fully saturated rings. The topological polar surface area (TPSA) is 71.5 Å². The van der Waals surface area contributed by atoms with Crippen LogP contribution in [0.25, 0.3) is 10.9 Å². The highest BCUT2D eigenvalue weighted by Gasteiger charge is 2.23. The van der Waals surface area contributed by atoms with Gasteiger partial charge >= 0.3 is 0 Å². The van der Waals surface area contributed by atoms with Crippen LogP contribution in [-0.4, -0.2) is 35.8 Å². The molecule has 1 unspecified atom stereocenters. The van der Waals surface area contributed by atoms with E-state index in [4.69, 9.17) is 4.74 Å². The van der Waals surface area contributed by atoms with Crippen molar-refractivity contribution in [2.75, 3.05) is 13.7 Å². The van der Waals surface area contributed by atoms with Crippen molar-refractivity contribution in [2.45, 2.75) is 33.8 Å². The number of benzene rings is 1. The number of aryl methyl sites for hydroxylation is 1. The maximum Gasteiger partial charge on any atom is 0.253 e. The summed E-state index contributed by atoms with van der Waals surface area (Å²) in [4.78, 5) is 16.9. The van der Waals surface area contributed by atoms with E-state index in [0.717, 1.165) is 16.7 Å². The van der Waals surface area contributed by atoms with Gasteiger partial charge in [-0.1, -0.05) is 20.8 Å². The molecule has 0 bridgehead atoms. The van der Waals surface area contributed by atoms with E-state index in [1.54, 1.807) is 14.0 Å². The molecule has 23 heavy (non-hydrogen) atoms. The van der Waals surface area contributed by atoms with E-state index in [1.807, 2.05) is 45.0 Å². The number of hydrogen-bond donors (Lipinski definition) is 2. The summed E-state index contributed by atoms with van der Waals surface area (Å²) in [6.45, 7) is 7.80. The van der Waals surface area contributed by atoms with E-state index in [-0.39, 0.29) is 17.9 Å². The Hall–Kier alpha value is -2.14. The van der Waals surface area contributed by atoms with E-state index >= 15 is 0 Å². The number of aliphatic hydroxyl groups is 1. The van der Waals surface area contributed by atoms with E-state index in [1.165, 1.54) is 0 Å². The van der Waals surface area contributed by atoms with Gasteiger partial charge in [-0.2, -0.15) is 0 Å². The van der Waals surface area contributed by atoms with Crippen LogP contribution in [0.5, 0.6) is 5.75 Å². The first kappa shape index (κ1) is 17.2. The van der Waals surface area contributed by atoms with Crippen molar-refractivity contribution in [1.82, 2.24) is 10.3 Å². The lowest BCUT2D eigenvalue weighted by atomic mass is 9.89. The minimum Gasteiger partial charge on any atom is -0.497 e. The van der Waals surface area contributed by atoms with Crippen LogP contribution in [0.2, 0.25) is 0 Å². The van der Waals surface area contributed by atoms with E-state index in [9.17, 15) is 9.90 Å². The van der Waals surface area contributed by atoms with Crippen molar-refractivity contribution in [3.05, 3.63) is 35.5 Å². The highest BCUT2D eigenvalue weighted by Crippen LogP contribution is 2.22. The average Bonchev–Trinajstić information content (AvgIpc) is 2.49. The summed E-state index contributed by atoms with van der Waals surface area (Å²) in [5, 5.41) is 13.7. The summed E-state index contributed by atoms with van der Waals surface area (Å²) >= 11 is 0. The van der Waals surface area contributed by atoms with Gasteiger partial charge in [0.25, 0.3) is 5.91 Å². The number of fused-ring (bicyclic) bond motifs is 1. The molecule has 2 N–H and O–H groups in total. The first-order valence-electron chi connectivity index (χ1n) is 7.64. The Morgan fingerprint density at radius 2 is 2.04 bits per heavy atom. The van der Waals surface area contributed by atoms with Crippen LogP contribution in [0.15, 0.2) is 24.3 Å². The molecule has 2 rings (SSSR count). The molecule has 0 saturated heterocycles. The Labute approximate surface area is 136 Å². The largest absolute Gasteiger partial charge is 0.497 e. The monoisotopic (exact) mass is 316 g/mol. The van der Waals surface area contributed by atoms with Crippen LogP contribution in [0.1, 0.15) is 36.8 Å². The summed E-state index contributed by atoms with van der Waals surface area (Å²) < 4.78 is 5.19. The standard InChI is InChI=1S/C18H24N2O3/c1-11-14(17(22)19-10-16(21)18(2,3)4)8-12-6-7-13(23-5)9-15(12)20-11/h6-9,16,21H,10H2,1-5H3,(H,19,22). The Bertz CT molecular complexity index is 720. The molecule has 5 heteroatoms. The highest BCUT2D eigenvalue weighted by molar-refractivity contribution is 5.98. The minimum absolute atomic E-state index is 0.211. The van der Waals surface area contributed by atoms with Gasteiger partial charge in [0.05, 0.1) is 30.0 Å². The Morgan fingerprint density at radius 1 is 1.35 bits per heavy atom. The number of aromatic nitrogens is 1. The zero-order valence-corrected chi connectivity index (χ0v) is 14.3. The minimum atomic E-state index is -0.607. The lowest BCUT2D eigenvalue weighted by Crippen LogP contribution is -2.39. The maximum absolute atomic E-state index is 12.4. The number of carbonyl (C=O) groups is 1. The third-order valence-corrected chi connectivity index (χ3v) is 3.92. The second kappa shape index (κ2) is 6.54. The van der Waals surface area contributed by atoms with Crippen molar-refractivity contribution in [1.29, 1.82) is 0 Å². The maximum atomic E-state index is 12.4. The van der Waals surface area contributed by atoms with Crippen LogP contribution in [0.3, 0.4) is 0 Å². The van der Waals surface area contributed by atoms with Gasteiger partial charge in [-0.3, -0.25) is 9.78 Å². The quantitative estimate of drug-likeness (QED) is 0.910. The van der Waals surface area contributed by atoms with E-state index < -0.39 is 6.10 Å². The zero-order valence-electron chi connectivity index (χ0n) is 14.3. The molecule has 0 saturated carbocycles. The summed E-state index contributed by atoms with van der Waals surface area (Å²) in [5.74, 6) is 0.505. The number of pyridine rings is 1. The average molecular weight is 316 g/mol. The summed E-state index contributed by atoms with van der Waals surface area (Å²) in [7, 11) is 1.61. The first-order valence-corrected chi connectivity index (χ1v) is 7.64. The number of ether oxygens (including phenoxy) is 1. The third kappa shape index (κ3) is 3.99. The molecule has 124 valence electrons. The van der Waals surface area contributed by atoms with Crippen LogP contribution in [0.4, 0.5) is 0 Å². The van der Waals surface area contributed by atoms with Crippen LogP contribution in [-0.2, 0) is 0 Å². The molecule has 1 atom stereocenters. The molecule has 0 aliphatic carbocycles. The normalized spacial score (nSPS) is 13.0. The zero-order chi connectivity index (χ0) is 17.2. The molecule has 2 aromatic rings. The fourth-order valence-corrected chi connectivity index (χ4v) is 2.19. The molecule has 1 amide bonds. The van der Waals surface area contributed by atoms with Gasteiger partial charge in [-0.05, 0) is 30.5 Å². The van der Waals surface area contributed by atoms with Crippen molar-refractivity contribution in [3.8, 4) is 5.75 Å². The Balaban J connectivity index is 2.22. The molecule has 0 aliphatic heterocycles.